The van der Waals surface area contributed by atoms with Crippen LogP contribution in [-0.2, 0) is 46.9 Å². The van der Waals surface area contributed by atoms with Gasteiger partial charge in [-0.15, -0.1) is 0 Å². The van der Waals surface area contributed by atoms with Crippen LogP contribution >= 0.6 is 23.2 Å². The van der Waals surface area contributed by atoms with Gasteiger partial charge in [-0.25, -0.2) is 9.78 Å². The van der Waals surface area contributed by atoms with Gasteiger partial charge in [0.05, 0.1) is 34.8 Å². The monoisotopic (exact) mass is 853 g/mol. The molecule has 11 nitrogen and oxygen atoms in total. The number of hydrogen-bond donors (Lipinski definition) is 2. The smallest absolute Gasteiger partial charge is 0.328 e. The van der Waals surface area contributed by atoms with E-state index in [9.17, 15) is 9.59 Å². The van der Waals surface area contributed by atoms with Crippen molar-refractivity contribution < 1.29 is 28.5 Å². The summed E-state index contributed by atoms with van der Waals surface area (Å²) in [5.41, 5.74) is 13.9. The van der Waals surface area contributed by atoms with Crippen molar-refractivity contribution in [2.45, 2.75) is 50.7 Å². The van der Waals surface area contributed by atoms with Crippen molar-refractivity contribution in [3.63, 3.8) is 0 Å². The predicted molar refractivity (Wildman–Crippen MR) is 232 cm³/mol. The molecule has 0 aliphatic carbocycles. The van der Waals surface area contributed by atoms with E-state index in [2.05, 4.69) is 21.3 Å². The van der Waals surface area contributed by atoms with Gasteiger partial charge in [-0.05, 0) is 106 Å². The molecular weight excluding hydrogens is 813 g/mol. The first-order valence-corrected chi connectivity index (χ1v) is 20.4. The molecule has 2 aliphatic rings. The minimum absolute atomic E-state index is 0.228. The molecule has 13 heteroatoms. The second-order valence-electron chi connectivity index (χ2n) is 15.0. The number of nitrogens with two attached hydrogens (primary N) is 1. The van der Waals surface area contributed by atoms with E-state index in [1.54, 1.807) is 36.5 Å². The summed E-state index contributed by atoms with van der Waals surface area (Å²) in [4.78, 5) is 33.8. The van der Waals surface area contributed by atoms with Crippen LogP contribution in [-0.4, -0.2) is 47.6 Å². The molecule has 1 amide bonds. The average molecular weight is 855 g/mol. The Labute approximate surface area is 363 Å². The molecule has 0 saturated heterocycles. The van der Waals surface area contributed by atoms with Crippen LogP contribution in [0.5, 0.6) is 17.2 Å². The number of hydrogen-bond acceptors (Lipinski definition) is 10. The summed E-state index contributed by atoms with van der Waals surface area (Å²) < 4.78 is 23.9. The number of pyridine rings is 1. The highest BCUT2D eigenvalue weighted by molar-refractivity contribution is 6.42. The molecule has 2 aliphatic heterocycles. The molecule has 0 fully saturated rings. The third-order valence-electron chi connectivity index (χ3n) is 10.9. The van der Waals surface area contributed by atoms with Gasteiger partial charge < -0.3 is 30.0 Å². The molecule has 0 saturated carbocycles. The molecule has 3 atom stereocenters. The highest BCUT2D eigenvalue weighted by Gasteiger charge is 2.36. The number of carbonyl (C=O) groups excluding carboxylic acids is 2. The fourth-order valence-corrected chi connectivity index (χ4v) is 7.86. The van der Waals surface area contributed by atoms with Gasteiger partial charge in [0.25, 0.3) is 0 Å². The van der Waals surface area contributed by atoms with Crippen molar-refractivity contribution >= 4 is 40.9 Å². The first kappa shape index (κ1) is 41.2. The number of benzene rings is 5. The molecule has 8 rings (SSSR count). The molecule has 308 valence electrons. The minimum Gasteiger partial charge on any atom is -0.489 e. The lowest BCUT2D eigenvalue weighted by Crippen LogP contribution is -2.54. The topological polar surface area (TPSA) is 149 Å². The maximum Gasteiger partial charge on any atom is 0.328 e. The molecule has 3 N–H and O–H groups in total. The van der Waals surface area contributed by atoms with E-state index < -0.39 is 18.1 Å². The van der Waals surface area contributed by atoms with E-state index in [0.29, 0.717) is 71.4 Å². The number of anilines is 1. The van der Waals surface area contributed by atoms with Crippen molar-refractivity contribution in [2.24, 2.45) is 0 Å². The van der Waals surface area contributed by atoms with Crippen molar-refractivity contribution in [1.82, 2.24) is 15.2 Å². The molecule has 61 heavy (non-hydrogen) atoms. The molecule has 6 aromatic rings. The van der Waals surface area contributed by atoms with Gasteiger partial charge >= 0.3 is 5.97 Å². The number of nitrogen functional groups attached to an aromatic ring is 1. The molecule has 1 unspecified atom stereocenters. The van der Waals surface area contributed by atoms with Crippen molar-refractivity contribution in [3.05, 3.63) is 170 Å². The van der Waals surface area contributed by atoms with E-state index >= 15 is 0 Å². The fourth-order valence-electron chi connectivity index (χ4n) is 7.54. The highest BCUT2D eigenvalue weighted by Crippen LogP contribution is 2.41. The summed E-state index contributed by atoms with van der Waals surface area (Å²) in [6, 6.07) is 36.4. The highest BCUT2D eigenvalue weighted by atomic mass is 35.5. The summed E-state index contributed by atoms with van der Waals surface area (Å²) in [6.07, 6.45) is 1.94. The normalized spacial score (nSPS) is 16.1. The number of amides is 1. The Morgan fingerprint density at radius 2 is 1.59 bits per heavy atom. The van der Waals surface area contributed by atoms with Gasteiger partial charge in [-0.1, -0.05) is 83.9 Å². The van der Waals surface area contributed by atoms with Crippen LogP contribution in [0.15, 0.2) is 121 Å². The van der Waals surface area contributed by atoms with Crippen LogP contribution in [0, 0.1) is 11.3 Å². The van der Waals surface area contributed by atoms with Gasteiger partial charge in [0.1, 0.15) is 30.8 Å². The van der Waals surface area contributed by atoms with Gasteiger partial charge in [-0.2, -0.15) is 5.26 Å². The largest absolute Gasteiger partial charge is 0.489 e. The van der Waals surface area contributed by atoms with Gasteiger partial charge in [0.15, 0.2) is 17.6 Å². The number of esters is 1. The maximum absolute atomic E-state index is 14.3. The Bertz CT molecular complexity index is 2580. The quantitative estimate of drug-likeness (QED) is 0.115. The number of nitrogens with one attached hydrogen (secondary N) is 1. The Kier molecular flexibility index (Phi) is 12.4. The zero-order valence-corrected chi connectivity index (χ0v) is 34.7. The van der Waals surface area contributed by atoms with Crippen LogP contribution in [0.4, 0.5) is 5.82 Å². The molecule has 0 bridgehead atoms. The summed E-state index contributed by atoms with van der Waals surface area (Å²) in [7, 11) is 1.31. The minimum atomic E-state index is -0.930. The number of aromatic nitrogens is 1. The second kappa shape index (κ2) is 18.4. The van der Waals surface area contributed by atoms with Crippen LogP contribution in [0.3, 0.4) is 0 Å². The SMILES string of the molecule is COC(=O)[C@H](Cc1ccc(-c2ccc(C#N)cc2)cc1)NC(=O)[C@@H]1Cc2cc3c(cc2CN1Cc1ccc(N)nc1)OC(c1ccc(OCc2ccc(Cl)c(Cl)c2)cc1)CO3. The first-order valence-electron chi connectivity index (χ1n) is 19.7. The number of rotatable bonds is 12. The van der Waals surface area contributed by atoms with E-state index in [-0.39, 0.29) is 18.4 Å². The molecule has 5 aromatic carbocycles. The van der Waals surface area contributed by atoms with E-state index in [0.717, 1.165) is 44.5 Å². The lowest BCUT2D eigenvalue weighted by molar-refractivity contribution is -0.145. The van der Waals surface area contributed by atoms with Crippen LogP contribution in [0.25, 0.3) is 11.1 Å². The molecular formula is C48H41Cl2N5O6. The van der Waals surface area contributed by atoms with Crippen LogP contribution in [0.1, 0.15) is 45.0 Å². The Morgan fingerprint density at radius 1 is 0.885 bits per heavy atom. The van der Waals surface area contributed by atoms with Gasteiger partial charge in [-0.3, -0.25) is 9.69 Å². The lowest BCUT2D eigenvalue weighted by atomic mass is 9.91. The van der Waals surface area contributed by atoms with Gasteiger partial charge in [0.2, 0.25) is 5.91 Å². The number of ether oxygens (including phenoxy) is 4. The molecule has 0 spiro atoms. The zero-order valence-electron chi connectivity index (χ0n) is 33.1. The number of nitriles is 1. The third-order valence-corrected chi connectivity index (χ3v) is 11.6. The van der Waals surface area contributed by atoms with Crippen molar-refractivity contribution in [1.29, 1.82) is 5.26 Å². The first-order chi connectivity index (χ1) is 29.6. The Balaban J connectivity index is 0.973. The second-order valence-corrected chi connectivity index (χ2v) is 15.8. The van der Waals surface area contributed by atoms with E-state index in [1.807, 2.05) is 84.9 Å². The summed E-state index contributed by atoms with van der Waals surface area (Å²) in [6.45, 7) is 1.46. The number of nitrogens with zero attached hydrogens (tertiary/aromatic N) is 3. The predicted octanol–water partition coefficient (Wildman–Crippen LogP) is 8.43. The third kappa shape index (κ3) is 9.74. The van der Waals surface area contributed by atoms with Crippen LogP contribution in [0.2, 0.25) is 10.0 Å². The molecule has 0 radical (unpaired) electrons. The standard InChI is InChI=1S/C48H41Cl2N5O6/c1-58-48(57)41(19-29-2-8-33(9-3-29)34-10-4-30(23-51)5-11-34)54-47(56)42-20-36-21-43-44(22-37(36)26-55(42)25-32-7-17-46(52)53-24-32)61-45(28-60-43)35-12-14-38(15-13-35)59-27-31-6-16-39(49)40(50)18-31/h2-18,21-22,24,41-42,45H,19-20,25-28H2,1H3,(H2,52,53)(H,54,56)/t41-,42-,45?/m0/s1. The van der Waals surface area contributed by atoms with Crippen LogP contribution < -0.4 is 25.3 Å². The number of carbonyl (C=O) groups is 2. The average Bonchev–Trinajstić information content (AvgIpc) is 3.29. The van der Waals surface area contributed by atoms with E-state index in [1.165, 1.54) is 7.11 Å². The maximum atomic E-state index is 14.3. The summed E-state index contributed by atoms with van der Waals surface area (Å²) >= 11 is 12.2. The Hall–Kier alpha value is -6.58. The number of fused-ring (bicyclic) bond motifs is 2. The van der Waals surface area contributed by atoms with E-state index in [4.69, 9.17) is 53.1 Å². The fraction of sp³-hybridized carbons (Fsp3) is 0.208. The summed E-state index contributed by atoms with van der Waals surface area (Å²) in [5, 5.41) is 13.1. The summed E-state index contributed by atoms with van der Waals surface area (Å²) in [5.74, 6) is 1.46. The number of halogens is 2. The molecule has 3 heterocycles. The Morgan fingerprint density at radius 3 is 2.28 bits per heavy atom. The van der Waals surface area contributed by atoms with Crippen molar-refractivity contribution in [2.75, 3.05) is 19.5 Å². The van der Waals surface area contributed by atoms with Gasteiger partial charge in [0, 0.05) is 25.7 Å². The molecule has 1 aromatic heterocycles. The lowest BCUT2D eigenvalue weighted by Gasteiger charge is -2.37. The zero-order chi connectivity index (χ0) is 42.5. The number of methoxy groups -OCH3 is 1. The van der Waals surface area contributed by atoms with Crippen molar-refractivity contribution in [3.8, 4) is 34.4 Å².